The summed E-state index contributed by atoms with van der Waals surface area (Å²) in [5.41, 5.74) is 1.60. The van der Waals surface area contributed by atoms with Gasteiger partial charge in [0.15, 0.2) is 0 Å². The molecule has 0 bridgehead atoms. The average Bonchev–Trinajstić information content (AvgIpc) is 2.51. The summed E-state index contributed by atoms with van der Waals surface area (Å²) < 4.78 is 27.2. The maximum Gasteiger partial charge on any atom is 0.146 e. The molecule has 110 valence electrons. The maximum absolute atomic E-state index is 13.9. The summed E-state index contributed by atoms with van der Waals surface area (Å²) in [6.45, 7) is 2.13. The monoisotopic (exact) mass is 288 g/mol. The van der Waals surface area contributed by atoms with Crippen LogP contribution in [0.2, 0.25) is 0 Å². The van der Waals surface area contributed by atoms with Crippen molar-refractivity contribution in [1.82, 2.24) is 5.32 Å². The molecule has 4 heteroatoms. The van der Waals surface area contributed by atoms with E-state index in [2.05, 4.69) is 17.4 Å². The first kappa shape index (κ1) is 14.0. The van der Waals surface area contributed by atoms with Crippen LogP contribution in [0, 0.1) is 11.6 Å². The van der Waals surface area contributed by atoms with E-state index >= 15 is 0 Å². The van der Waals surface area contributed by atoms with Crippen molar-refractivity contribution in [3.63, 3.8) is 0 Å². The van der Waals surface area contributed by atoms with Gasteiger partial charge in [-0.25, -0.2) is 8.78 Å². The minimum absolute atomic E-state index is 0.240. The normalized spacial score (nSPS) is 18.8. The average molecular weight is 288 g/mol. The van der Waals surface area contributed by atoms with Gasteiger partial charge < -0.3 is 10.2 Å². The van der Waals surface area contributed by atoms with Crippen molar-refractivity contribution < 1.29 is 8.78 Å². The Labute approximate surface area is 123 Å². The summed E-state index contributed by atoms with van der Waals surface area (Å²) >= 11 is 0. The van der Waals surface area contributed by atoms with Gasteiger partial charge in [-0.05, 0) is 24.1 Å². The molecule has 1 aliphatic rings. The first-order valence-electron chi connectivity index (χ1n) is 7.20. The Morgan fingerprint density at radius 1 is 1.10 bits per heavy atom. The number of benzene rings is 2. The van der Waals surface area contributed by atoms with Crippen molar-refractivity contribution >= 4 is 5.69 Å². The van der Waals surface area contributed by atoms with E-state index < -0.39 is 5.82 Å². The molecule has 0 spiro atoms. The van der Waals surface area contributed by atoms with Gasteiger partial charge in [-0.15, -0.1) is 0 Å². The Morgan fingerprint density at radius 3 is 2.71 bits per heavy atom. The third-order valence-electron chi connectivity index (χ3n) is 3.83. The number of piperazine rings is 1. The van der Waals surface area contributed by atoms with Gasteiger partial charge in [0.25, 0.3) is 0 Å². The van der Waals surface area contributed by atoms with Crippen molar-refractivity contribution in [2.45, 2.75) is 12.5 Å². The quantitative estimate of drug-likeness (QED) is 0.934. The lowest BCUT2D eigenvalue weighted by molar-refractivity contribution is 0.449. The molecule has 2 aromatic carbocycles. The lowest BCUT2D eigenvalue weighted by atomic mass is 10.0. The molecular weight excluding hydrogens is 270 g/mol. The molecule has 1 heterocycles. The van der Waals surface area contributed by atoms with Crippen LogP contribution in [0.3, 0.4) is 0 Å². The molecule has 1 aliphatic heterocycles. The Kier molecular flexibility index (Phi) is 4.15. The van der Waals surface area contributed by atoms with E-state index in [1.54, 1.807) is 0 Å². The molecule has 21 heavy (non-hydrogen) atoms. The lowest BCUT2D eigenvalue weighted by Gasteiger charge is -2.35. The highest BCUT2D eigenvalue weighted by atomic mass is 19.1. The number of anilines is 1. The molecule has 1 unspecified atom stereocenters. The fraction of sp³-hybridized carbons (Fsp3) is 0.294. The molecule has 0 aromatic heterocycles. The third-order valence-corrected chi connectivity index (χ3v) is 3.83. The molecule has 1 atom stereocenters. The van der Waals surface area contributed by atoms with E-state index in [9.17, 15) is 8.78 Å². The molecule has 1 N–H and O–H groups in total. The molecule has 0 radical (unpaired) electrons. The molecule has 2 aromatic rings. The SMILES string of the molecule is Fc1ccc(F)c(N2CCNC(Cc3ccccc3)C2)c1. The van der Waals surface area contributed by atoms with Crippen LogP contribution in [0.15, 0.2) is 48.5 Å². The van der Waals surface area contributed by atoms with E-state index in [0.29, 0.717) is 18.8 Å². The Morgan fingerprint density at radius 2 is 1.90 bits per heavy atom. The summed E-state index contributed by atoms with van der Waals surface area (Å²) in [4.78, 5) is 1.92. The first-order chi connectivity index (χ1) is 10.2. The molecular formula is C17H18F2N2. The molecule has 0 amide bonds. The summed E-state index contributed by atoms with van der Waals surface area (Å²) in [7, 11) is 0. The van der Waals surface area contributed by atoms with E-state index in [-0.39, 0.29) is 11.9 Å². The second-order valence-electron chi connectivity index (χ2n) is 5.38. The summed E-state index contributed by atoms with van der Waals surface area (Å²) in [5, 5.41) is 3.44. The van der Waals surface area contributed by atoms with Crippen LogP contribution >= 0.6 is 0 Å². The van der Waals surface area contributed by atoms with Crippen LogP contribution in [-0.4, -0.2) is 25.7 Å². The second-order valence-corrected chi connectivity index (χ2v) is 5.38. The molecule has 2 nitrogen and oxygen atoms in total. The molecule has 0 aliphatic carbocycles. The molecule has 1 saturated heterocycles. The van der Waals surface area contributed by atoms with Gasteiger partial charge >= 0.3 is 0 Å². The van der Waals surface area contributed by atoms with Crippen molar-refractivity contribution in [3.05, 3.63) is 65.7 Å². The topological polar surface area (TPSA) is 15.3 Å². The van der Waals surface area contributed by atoms with Gasteiger partial charge in [-0.3, -0.25) is 0 Å². The van der Waals surface area contributed by atoms with Crippen molar-refractivity contribution in [1.29, 1.82) is 0 Å². The van der Waals surface area contributed by atoms with Crippen molar-refractivity contribution in [2.24, 2.45) is 0 Å². The fourth-order valence-electron chi connectivity index (χ4n) is 2.81. The Balaban J connectivity index is 1.72. The van der Waals surface area contributed by atoms with E-state index in [0.717, 1.165) is 19.0 Å². The number of hydrogen-bond acceptors (Lipinski definition) is 2. The minimum Gasteiger partial charge on any atom is -0.366 e. The maximum atomic E-state index is 13.9. The zero-order valence-electron chi connectivity index (χ0n) is 11.7. The first-order valence-corrected chi connectivity index (χ1v) is 7.20. The molecule has 1 fully saturated rings. The highest BCUT2D eigenvalue weighted by Gasteiger charge is 2.22. The smallest absolute Gasteiger partial charge is 0.146 e. The zero-order valence-corrected chi connectivity index (χ0v) is 11.7. The van der Waals surface area contributed by atoms with Gasteiger partial charge in [0, 0.05) is 31.7 Å². The second kappa shape index (κ2) is 6.22. The summed E-state index contributed by atoms with van der Waals surface area (Å²) in [6.07, 6.45) is 0.883. The molecule has 3 rings (SSSR count). The van der Waals surface area contributed by atoms with Crippen LogP contribution in [-0.2, 0) is 6.42 Å². The van der Waals surface area contributed by atoms with Crippen LogP contribution < -0.4 is 10.2 Å². The lowest BCUT2D eigenvalue weighted by Crippen LogP contribution is -2.52. The predicted molar refractivity (Wildman–Crippen MR) is 80.5 cm³/mol. The van der Waals surface area contributed by atoms with Gasteiger partial charge in [0.05, 0.1) is 5.69 Å². The Hall–Kier alpha value is -1.94. The van der Waals surface area contributed by atoms with Crippen LogP contribution in [0.25, 0.3) is 0 Å². The van der Waals surface area contributed by atoms with Gasteiger partial charge in [0.2, 0.25) is 0 Å². The fourth-order valence-corrected chi connectivity index (χ4v) is 2.81. The number of halogens is 2. The van der Waals surface area contributed by atoms with Gasteiger partial charge in [-0.2, -0.15) is 0 Å². The number of rotatable bonds is 3. The predicted octanol–water partition coefficient (Wildman–Crippen LogP) is 2.99. The molecule has 0 saturated carbocycles. The minimum atomic E-state index is -0.399. The Bertz CT molecular complexity index is 601. The van der Waals surface area contributed by atoms with Crippen molar-refractivity contribution in [3.8, 4) is 0 Å². The van der Waals surface area contributed by atoms with Gasteiger partial charge in [0.1, 0.15) is 11.6 Å². The number of hydrogen-bond donors (Lipinski definition) is 1. The van der Waals surface area contributed by atoms with Gasteiger partial charge in [-0.1, -0.05) is 30.3 Å². The highest BCUT2D eigenvalue weighted by Crippen LogP contribution is 2.22. The van der Waals surface area contributed by atoms with E-state index in [1.165, 1.54) is 17.7 Å². The van der Waals surface area contributed by atoms with Crippen molar-refractivity contribution in [2.75, 3.05) is 24.5 Å². The largest absolute Gasteiger partial charge is 0.366 e. The van der Waals surface area contributed by atoms with Crippen LogP contribution in [0.1, 0.15) is 5.56 Å². The van der Waals surface area contributed by atoms with Crippen LogP contribution in [0.5, 0.6) is 0 Å². The number of nitrogens with one attached hydrogen (secondary N) is 1. The van der Waals surface area contributed by atoms with E-state index in [1.807, 2.05) is 23.1 Å². The zero-order chi connectivity index (χ0) is 14.7. The number of nitrogens with zero attached hydrogens (tertiary/aromatic N) is 1. The summed E-state index contributed by atoms with van der Waals surface area (Å²) in [5.74, 6) is -0.763. The third kappa shape index (κ3) is 3.39. The van der Waals surface area contributed by atoms with E-state index in [4.69, 9.17) is 0 Å². The highest BCUT2D eigenvalue weighted by molar-refractivity contribution is 5.48. The standard InChI is InChI=1S/C17H18F2N2/c18-14-6-7-16(19)17(11-14)21-9-8-20-15(12-21)10-13-4-2-1-3-5-13/h1-7,11,15,20H,8-10,12H2. The summed E-state index contributed by atoms with van der Waals surface area (Å²) in [6, 6.07) is 14.1. The van der Waals surface area contributed by atoms with Crippen LogP contribution in [0.4, 0.5) is 14.5 Å².